The van der Waals surface area contributed by atoms with Gasteiger partial charge in [-0.2, -0.15) is 0 Å². The zero-order chi connectivity index (χ0) is 29.0. The second-order valence-corrected chi connectivity index (χ2v) is 11.0. The number of benzene rings is 3. The second-order valence-electron chi connectivity index (χ2n) is 11.0. The number of piperidine rings is 1. The number of carbonyl (C=O) groups is 1. The fourth-order valence-corrected chi connectivity index (χ4v) is 5.64. The van der Waals surface area contributed by atoms with E-state index in [-0.39, 0.29) is 18.3 Å². The molecule has 1 amide bonds. The van der Waals surface area contributed by atoms with E-state index >= 15 is 0 Å². The Balaban J connectivity index is 1.04. The molecule has 0 spiro atoms. The van der Waals surface area contributed by atoms with Crippen LogP contribution in [0.2, 0.25) is 0 Å². The van der Waals surface area contributed by atoms with Crippen molar-refractivity contribution in [2.45, 2.75) is 50.8 Å². The molecule has 0 unspecified atom stereocenters. The van der Waals surface area contributed by atoms with Gasteiger partial charge in [0.25, 0.3) is 0 Å². The smallest absolute Gasteiger partial charge is 0.222 e. The first-order valence-corrected chi connectivity index (χ1v) is 15.1. The third kappa shape index (κ3) is 8.77. The lowest BCUT2D eigenvalue weighted by atomic mass is 9.86. The summed E-state index contributed by atoms with van der Waals surface area (Å²) in [6.45, 7) is 6.00. The van der Waals surface area contributed by atoms with E-state index in [0.29, 0.717) is 50.3 Å². The normalized spacial score (nSPS) is 18.8. The van der Waals surface area contributed by atoms with Gasteiger partial charge in [0.05, 0.1) is 26.4 Å². The standard InChI is InChI=1S/C34H42FN3O4/c35-32-9-2-1-7-28(32)25-40-19-5-20-41-29-13-11-27(12-14-29)31-15-16-36-24-33(31)37-23-26-6-3-8-30(22-26)42-21-18-38-17-4-10-34(38)39/h1-3,6-9,11-14,22,31,33,36-37H,4-5,10,15-21,23-25H2/t31-,33-/m0/s1. The number of likely N-dealkylation sites (tertiary alicyclic amines) is 1. The highest BCUT2D eigenvalue weighted by molar-refractivity contribution is 5.78. The lowest BCUT2D eigenvalue weighted by molar-refractivity contribution is -0.128. The van der Waals surface area contributed by atoms with Crippen LogP contribution >= 0.6 is 0 Å². The fraction of sp³-hybridized carbons (Fsp3) is 0.441. The van der Waals surface area contributed by atoms with Gasteiger partial charge in [-0.25, -0.2) is 4.39 Å². The van der Waals surface area contributed by atoms with Crippen LogP contribution in [-0.2, 0) is 22.7 Å². The first-order chi connectivity index (χ1) is 20.7. The molecule has 0 saturated carbocycles. The van der Waals surface area contributed by atoms with Crippen molar-refractivity contribution >= 4 is 5.91 Å². The van der Waals surface area contributed by atoms with Gasteiger partial charge in [-0.3, -0.25) is 4.79 Å². The molecule has 0 aromatic heterocycles. The van der Waals surface area contributed by atoms with E-state index in [0.717, 1.165) is 56.9 Å². The summed E-state index contributed by atoms with van der Waals surface area (Å²) < 4.78 is 31.1. The molecule has 3 aromatic carbocycles. The molecule has 2 N–H and O–H groups in total. The number of ether oxygens (including phenoxy) is 3. The van der Waals surface area contributed by atoms with Crippen molar-refractivity contribution < 1.29 is 23.4 Å². The lowest BCUT2D eigenvalue weighted by Gasteiger charge is -2.33. The monoisotopic (exact) mass is 575 g/mol. The van der Waals surface area contributed by atoms with E-state index in [2.05, 4.69) is 34.9 Å². The third-order valence-corrected chi connectivity index (χ3v) is 7.98. The van der Waals surface area contributed by atoms with Crippen molar-refractivity contribution in [3.63, 3.8) is 0 Å². The zero-order valence-electron chi connectivity index (χ0n) is 24.2. The molecule has 2 fully saturated rings. The number of hydrogen-bond acceptors (Lipinski definition) is 6. The Morgan fingerprint density at radius 1 is 0.952 bits per heavy atom. The number of amides is 1. The Morgan fingerprint density at radius 3 is 2.64 bits per heavy atom. The molecule has 0 bridgehead atoms. The minimum Gasteiger partial charge on any atom is -0.494 e. The third-order valence-electron chi connectivity index (χ3n) is 7.98. The van der Waals surface area contributed by atoms with Crippen molar-refractivity contribution in [1.82, 2.24) is 15.5 Å². The molecule has 7 nitrogen and oxygen atoms in total. The molecule has 42 heavy (non-hydrogen) atoms. The van der Waals surface area contributed by atoms with Gasteiger partial charge in [-0.15, -0.1) is 0 Å². The van der Waals surface area contributed by atoms with Crippen molar-refractivity contribution in [2.24, 2.45) is 0 Å². The van der Waals surface area contributed by atoms with Gasteiger partial charge in [0.1, 0.15) is 23.9 Å². The summed E-state index contributed by atoms with van der Waals surface area (Å²) in [5, 5.41) is 7.30. The number of nitrogens with zero attached hydrogens (tertiary/aromatic N) is 1. The minimum absolute atomic E-state index is 0.231. The van der Waals surface area contributed by atoms with Crippen LogP contribution in [0, 0.1) is 5.82 Å². The van der Waals surface area contributed by atoms with Gasteiger partial charge in [0.15, 0.2) is 0 Å². The van der Waals surface area contributed by atoms with Gasteiger partial charge in [0.2, 0.25) is 5.91 Å². The summed E-state index contributed by atoms with van der Waals surface area (Å²) in [6, 6.07) is 23.6. The Bertz CT molecular complexity index is 1270. The highest BCUT2D eigenvalue weighted by Crippen LogP contribution is 2.28. The van der Waals surface area contributed by atoms with Crippen LogP contribution in [0.4, 0.5) is 4.39 Å². The van der Waals surface area contributed by atoms with E-state index in [1.54, 1.807) is 12.1 Å². The molecule has 0 aliphatic carbocycles. The number of rotatable bonds is 15. The first kappa shape index (κ1) is 30.0. The molecule has 3 aromatic rings. The Kier molecular flexibility index (Phi) is 11.2. The maximum absolute atomic E-state index is 13.7. The van der Waals surface area contributed by atoms with Gasteiger partial charge in [-0.1, -0.05) is 42.5 Å². The molecule has 2 aliphatic heterocycles. The van der Waals surface area contributed by atoms with Gasteiger partial charge in [0, 0.05) is 50.0 Å². The van der Waals surface area contributed by atoms with Crippen LogP contribution in [0.25, 0.3) is 0 Å². The van der Waals surface area contributed by atoms with Crippen LogP contribution in [0.15, 0.2) is 72.8 Å². The van der Waals surface area contributed by atoms with Crippen molar-refractivity contribution in [3.8, 4) is 11.5 Å². The SMILES string of the molecule is O=C1CCCN1CCOc1cccc(CN[C@H]2CNCC[C@H]2c2ccc(OCCCOCc3ccccc3F)cc2)c1. The Labute approximate surface area is 248 Å². The maximum Gasteiger partial charge on any atom is 0.222 e. The predicted molar refractivity (Wildman–Crippen MR) is 161 cm³/mol. The van der Waals surface area contributed by atoms with E-state index < -0.39 is 0 Å². The fourth-order valence-electron chi connectivity index (χ4n) is 5.64. The van der Waals surface area contributed by atoms with Crippen LogP contribution in [0.5, 0.6) is 11.5 Å². The molecule has 5 rings (SSSR count). The summed E-state index contributed by atoms with van der Waals surface area (Å²) in [7, 11) is 0. The van der Waals surface area contributed by atoms with E-state index in [9.17, 15) is 9.18 Å². The molecule has 2 aliphatic rings. The quantitative estimate of drug-likeness (QED) is 0.247. The average molecular weight is 576 g/mol. The van der Waals surface area contributed by atoms with Gasteiger partial charge in [-0.05, 0) is 60.8 Å². The molecule has 0 radical (unpaired) electrons. The van der Waals surface area contributed by atoms with Crippen LogP contribution in [0.3, 0.4) is 0 Å². The highest BCUT2D eigenvalue weighted by Gasteiger charge is 2.26. The summed E-state index contributed by atoms with van der Waals surface area (Å²) in [5.74, 6) is 2.09. The molecule has 224 valence electrons. The number of nitrogens with one attached hydrogen (secondary N) is 2. The molecule has 8 heteroatoms. The largest absolute Gasteiger partial charge is 0.494 e. The Morgan fingerprint density at radius 2 is 1.81 bits per heavy atom. The van der Waals surface area contributed by atoms with Crippen molar-refractivity contribution in [1.29, 1.82) is 0 Å². The summed E-state index contributed by atoms with van der Waals surface area (Å²) >= 11 is 0. The topological polar surface area (TPSA) is 72.1 Å². The highest BCUT2D eigenvalue weighted by atomic mass is 19.1. The van der Waals surface area contributed by atoms with Crippen molar-refractivity contribution in [3.05, 3.63) is 95.3 Å². The maximum atomic E-state index is 13.7. The Hall–Kier alpha value is -3.46. The van der Waals surface area contributed by atoms with Crippen LogP contribution in [-0.4, -0.2) is 62.8 Å². The predicted octanol–water partition coefficient (Wildman–Crippen LogP) is 5.05. The van der Waals surface area contributed by atoms with Crippen molar-refractivity contribution in [2.75, 3.05) is 46.0 Å². The summed E-state index contributed by atoms with van der Waals surface area (Å²) in [5.41, 5.74) is 3.06. The molecule has 2 atom stereocenters. The first-order valence-electron chi connectivity index (χ1n) is 15.1. The number of carbonyl (C=O) groups excluding carboxylic acids is 1. The molecular weight excluding hydrogens is 533 g/mol. The summed E-state index contributed by atoms with van der Waals surface area (Å²) in [4.78, 5) is 13.7. The van der Waals surface area contributed by atoms with E-state index in [1.165, 1.54) is 17.2 Å². The van der Waals surface area contributed by atoms with Crippen LogP contribution < -0.4 is 20.1 Å². The van der Waals surface area contributed by atoms with Gasteiger partial charge >= 0.3 is 0 Å². The molecule has 2 heterocycles. The molecular formula is C34H42FN3O4. The van der Waals surface area contributed by atoms with Crippen LogP contribution in [0.1, 0.15) is 48.3 Å². The van der Waals surface area contributed by atoms with E-state index in [1.807, 2.05) is 35.2 Å². The van der Waals surface area contributed by atoms with Gasteiger partial charge < -0.3 is 29.7 Å². The number of halogens is 1. The molecule has 2 saturated heterocycles. The number of hydrogen-bond donors (Lipinski definition) is 2. The minimum atomic E-state index is -0.233. The van der Waals surface area contributed by atoms with E-state index in [4.69, 9.17) is 14.2 Å². The lowest BCUT2D eigenvalue weighted by Crippen LogP contribution is -2.47. The summed E-state index contributed by atoms with van der Waals surface area (Å²) in [6.07, 6.45) is 3.41. The zero-order valence-corrected chi connectivity index (χ0v) is 24.2. The second kappa shape index (κ2) is 15.7. The average Bonchev–Trinajstić information content (AvgIpc) is 3.43.